The minimum absolute atomic E-state index is 0. The zero-order valence-corrected chi connectivity index (χ0v) is 9.92. The molecule has 0 nitrogen and oxygen atoms in total. The Kier molecular flexibility index (Phi) is 10.6. The molecule has 1 rings (SSSR count). The topological polar surface area (TPSA) is 0 Å². The Balaban J connectivity index is 0. The van der Waals surface area contributed by atoms with Gasteiger partial charge in [0.2, 0.25) is 0 Å². The van der Waals surface area contributed by atoms with Gasteiger partial charge in [0.05, 0.1) is 0 Å². The van der Waals surface area contributed by atoms with Crippen LogP contribution in [-0.2, 0) is 39.1 Å². The first-order valence-electron chi connectivity index (χ1n) is 3.26. The van der Waals surface area contributed by atoms with E-state index in [0.717, 1.165) is 12.8 Å². The summed E-state index contributed by atoms with van der Waals surface area (Å²) in [5.41, 5.74) is 1.38. The quantitative estimate of drug-likeness (QED) is 0.676. The molecule has 0 atom stereocenters. The third kappa shape index (κ3) is 5.58. The van der Waals surface area contributed by atoms with Crippen molar-refractivity contribution in [3.05, 3.63) is 50.2 Å². The van der Waals surface area contributed by atoms with Gasteiger partial charge in [0, 0.05) is 32.7 Å². The molecule has 0 bridgehead atoms. The van der Waals surface area contributed by atoms with Crippen LogP contribution in [0.2, 0.25) is 0 Å². The number of aryl methyl sites for hydroxylation is 1. The molecule has 0 aromatic heterocycles. The van der Waals surface area contributed by atoms with E-state index >= 15 is 0 Å². The van der Waals surface area contributed by atoms with Gasteiger partial charge in [-0.1, -0.05) is 42.3 Å². The molecule has 0 aliphatic rings. The van der Waals surface area contributed by atoms with Gasteiger partial charge in [0.15, 0.2) is 0 Å². The third-order valence-electron chi connectivity index (χ3n) is 1.31. The maximum absolute atomic E-state index is 3.78. The first kappa shape index (κ1) is 13.9. The minimum Gasteiger partial charge on any atom is -0.358 e. The van der Waals surface area contributed by atoms with Gasteiger partial charge in [-0.3, -0.25) is 0 Å². The Morgan fingerprint density at radius 1 is 1.09 bits per heavy atom. The van der Waals surface area contributed by atoms with Gasteiger partial charge < -0.3 is 14.4 Å². The van der Waals surface area contributed by atoms with Gasteiger partial charge in [-0.05, 0) is 0 Å². The normalized spacial score (nSPS) is 7.73. The van der Waals surface area contributed by atoms with Crippen LogP contribution in [0.25, 0.3) is 0 Å². The van der Waals surface area contributed by atoms with Crippen LogP contribution in [0.15, 0.2) is 30.3 Å². The van der Waals surface area contributed by atoms with Crippen LogP contribution in [0.5, 0.6) is 0 Å². The van der Waals surface area contributed by atoms with Gasteiger partial charge in [-0.15, -0.1) is 0 Å². The minimum atomic E-state index is 0. The first-order valence-corrected chi connectivity index (χ1v) is 3.26. The van der Waals surface area contributed by atoms with Crippen molar-refractivity contribution in [3.8, 4) is 0 Å². The SMILES string of the molecule is [CH2-]CCc1ccccc1.[CH3-].[Y]. The van der Waals surface area contributed by atoms with Crippen LogP contribution in [0.1, 0.15) is 12.0 Å². The molecule has 11 heavy (non-hydrogen) atoms. The third-order valence-corrected chi connectivity index (χ3v) is 1.31. The van der Waals surface area contributed by atoms with E-state index < -0.39 is 0 Å². The predicted octanol–water partition coefficient (Wildman–Crippen LogP) is 2.90. The summed E-state index contributed by atoms with van der Waals surface area (Å²) in [6.07, 6.45) is 2.09. The van der Waals surface area contributed by atoms with Crippen molar-refractivity contribution in [3.63, 3.8) is 0 Å². The van der Waals surface area contributed by atoms with Crippen LogP contribution in [0.3, 0.4) is 0 Å². The molecule has 0 N–H and O–H groups in total. The fraction of sp³-hybridized carbons (Fsp3) is 0.200. The van der Waals surface area contributed by atoms with E-state index in [1.165, 1.54) is 5.56 Å². The molecule has 1 aromatic carbocycles. The summed E-state index contributed by atoms with van der Waals surface area (Å²) in [6.45, 7) is 3.78. The van der Waals surface area contributed by atoms with Crippen LogP contribution >= 0.6 is 0 Å². The van der Waals surface area contributed by atoms with E-state index in [0.29, 0.717) is 0 Å². The number of hydrogen-bond acceptors (Lipinski definition) is 0. The maximum atomic E-state index is 3.78. The molecular weight excluding hydrogens is 209 g/mol. The molecule has 1 aromatic rings. The van der Waals surface area contributed by atoms with Crippen LogP contribution in [0.4, 0.5) is 0 Å². The van der Waals surface area contributed by atoms with Gasteiger partial charge in [0.25, 0.3) is 0 Å². The Labute approximate surface area is 95.3 Å². The summed E-state index contributed by atoms with van der Waals surface area (Å²) in [6, 6.07) is 10.4. The molecule has 0 unspecified atom stereocenters. The van der Waals surface area contributed by atoms with Gasteiger partial charge in [-0.2, -0.15) is 6.42 Å². The fourth-order valence-corrected chi connectivity index (χ4v) is 0.849. The molecular formula is C10H14Y-2. The zero-order chi connectivity index (χ0) is 6.53. The molecule has 59 valence electrons. The van der Waals surface area contributed by atoms with Gasteiger partial charge in [-0.25, -0.2) is 0 Å². The zero-order valence-electron chi connectivity index (χ0n) is 7.09. The molecule has 0 saturated carbocycles. The smallest absolute Gasteiger partial charge is 0 e. The van der Waals surface area contributed by atoms with E-state index in [2.05, 4.69) is 31.2 Å². The van der Waals surface area contributed by atoms with Gasteiger partial charge >= 0.3 is 0 Å². The molecule has 0 fully saturated rings. The standard InChI is InChI=1S/C9H11.CH3.Y/c1-2-6-9-7-4-3-5-8-9;;/h3-5,7-8H,1-2,6H2;1H3;/q2*-1;. The van der Waals surface area contributed by atoms with E-state index in [4.69, 9.17) is 0 Å². The maximum Gasteiger partial charge on any atom is 0 e. The van der Waals surface area contributed by atoms with Crippen LogP contribution in [-0.4, -0.2) is 0 Å². The number of benzene rings is 1. The van der Waals surface area contributed by atoms with Crippen molar-refractivity contribution >= 4 is 0 Å². The van der Waals surface area contributed by atoms with Crippen LogP contribution in [0, 0.1) is 14.4 Å². The second kappa shape index (κ2) is 8.42. The average Bonchev–Trinajstić information content (AvgIpc) is 1.91. The summed E-state index contributed by atoms with van der Waals surface area (Å²) >= 11 is 0. The summed E-state index contributed by atoms with van der Waals surface area (Å²) in [5.74, 6) is 0. The number of rotatable bonds is 2. The molecule has 0 amide bonds. The Bertz CT molecular complexity index is 158. The van der Waals surface area contributed by atoms with E-state index in [1.54, 1.807) is 0 Å². The molecule has 0 spiro atoms. The summed E-state index contributed by atoms with van der Waals surface area (Å²) in [4.78, 5) is 0. The predicted molar refractivity (Wildman–Crippen MR) is 46.5 cm³/mol. The van der Waals surface area contributed by atoms with Crippen molar-refractivity contribution in [2.45, 2.75) is 12.8 Å². The molecule has 0 saturated heterocycles. The summed E-state index contributed by atoms with van der Waals surface area (Å²) in [7, 11) is 0. The van der Waals surface area contributed by atoms with Crippen molar-refractivity contribution in [1.29, 1.82) is 0 Å². The van der Waals surface area contributed by atoms with Crippen LogP contribution < -0.4 is 0 Å². The Hall–Kier alpha value is 0.324. The van der Waals surface area contributed by atoms with Gasteiger partial charge in [0.1, 0.15) is 0 Å². The van der Waals surface area contributed by atoms with Crippen molar-refractivity contribution < 1.29 is 32.7 Å². The number of hydrogen-bond donors (Lipinski definition) is 0. The first-order chi connectivity index (χ1) is 4.43. The Morgan fingerprint density at radius 3 is 2.09 bits per heavy atom. The molecule has 0 aliphatic heterocycles. The second-order valence-corrected chi connectivity index (χ2v) is 2.09. The largest absolute Gasteiger partial charge is 0.358 e. The molecule has 0 heterocycles. The van der Waals surface area contributed by atoms with E-state index in [1.807, 2.05) is 6.07 Å². The summed E-state index contributed by atoms with van der Waals surface area (Å²) in [5, 5.41) is 0. The molecule has 1 radical (unpaired) electrons. The van der Waals surface area contributed by atoms with Crippen molar-refractivity contribution in [1.82, 2.24) is 0 Å². The monoisotopic (exact) mass is 223 g/mol. The summed E-state index contributed by atoms with van der Waals surface area (Å²) < 4.78 is 0. The van der Waals surface area contributed by atoms with E-state index in [-0.39, 0.29) is 40.1 Å². The van der Waals surface area contributed by atoms with Crippen molar-refractivity contribution in [2.75, 3.05) is 0 Å². The molecule has 1 heteroatoms. The van der Waals surface area contributed by atoms with E-state index in [9.17, 15) is 0 Å². The fourth-order valence-electron chi connectivity index (χ4n) is 0.849. The van der Waals surface area contributed by atoms with Crippen molar-refractivity contribution in [2.24, 2.45) is 0 Å². The average molecular weight is 223 g/mol. The Morgan fingerprint density at radius 2 is 1.64 bits per heavy atom. The second-order valence-electron chi connectivity index (χ2n) is 2.09. The molecule has 0 aliphatic carbocycles.